The van der Waals surface area contributed by atoms with E-state index in [1.807, 2.05) is 18.2 Å². The van der Waals surface area contributed by atoms with Gasteiger partial charge in [0.25, 0.3) is 0 Å². The second-order valence-corrected chi connectivity index (χ2v) is 4.62. The van der Waals surface area contributed by atoms with Crippen molar-refractivity contribution < 1.29 is 23.8 Å². The van der Waals surface area contributed by atoms with E-state index < -0.39 is 18.0 Å². The van der Waals surface area contributed by atoms with E-state index in [4.69, 9.17) is 14.2 Å². The van der Waals surface area contributed by atoms with Crippen LogP contribution in [0.25, 0.3) is 0 Å². The summed E-state index contributed by atoms with van der Waals surface area (Å²) < 4.78 is 15.5. The second kappa shape index (κ2) is 6.26. The molecular formula is C16H13NO5. The zero-order chi connectivity index (χ0) is 15.4. The van der Waals surface area contributed by atoms with Gasteiger partial charge in [0.05, 0.1) is 6.61 Å². The molecule has 0 amide bonds. The number of cyclic esters (lactones) is 1. The predicted octanol–water partition coefficient (Wildman–Crippen LogP) is 2.35. The molecule has 1 aromatic heterocycles. The van der Waals surface area contributed by atoms with E-state index in [0.29, 0.717) is 12.2 Å². The summed E-state index contributed by atoms with van der Waals surface area (Å²) in [6.07, 6.45) is 1.01. The van der Waals surface area contributed by atoms with E-state index in [1.165, 1.54) is 12.3 Å². The first-order valence-electron chi connectivity index (χ1n) is 6.79. The van der Waals surface area contributed by atoms with Crippen molar-refractivity contribution in [1.82, 2.24) is 4.98 Å². The Hall–Kier alpha value is -2.89. The summed E-state index contributed by atoms with van der Waals surface area (Å²) in [4.78, 5) is 27.6. The fourth-order valence-electron chi connectivity index (χ4n) is 2.00. The summed E-state index contributed by atoms with van der Waals surface area (Å²) in [5.41, 5.74) is 0.158. The maximum Gasteiger partial charge on any atom is 0.347 e. The van der Waals surface area contributed by atoms with Crippen molar-refractivity contribution in [3.8, 4) is 11.6 Å². The van der Waals surface area contributed by atoms with Crippen LogP contribution >= 0.6 is 0 Å². The molecule has 6 heteroatoms. The molecule has 112 valence electrons. The number of para-hydroxylation sites is 1. The highest BCUT2D eigenvalue weighted by molar-refractivity contribution is 5.93. The van der Waals surface area contributed by atoms with Crippen LogP contribution in [0, 0.1) is 0 Å². The Kier molecular flexibility index (Phi) is 4.00. The van der Waals surface area contributed by atoms with Crippen LogP contribution in [0.2, 0.25) is 0 Å². The molecule has 3 rings (SSSR count). The van der Waals surface area contributed by atoms with Gasteiger partial charge in [-0.15, -0.1) is 0 Å². The smallest absolute Gasteiger partial charge is 0.347 e. The topological polar surface area (TPSA) is 74.7 Å². The van der Waals surface area contributed by atoms with Crippen LogP contribution in [0.3, 0.4) is 0 Å². The fraction of sp³-hybridized carbons (Fsp3) is 0.188. The quantitative estimate of drug-likeness (QED) is 0.807. The Labute approximate surface area is 126 Å². The van der Waals surface area contributed by atoms with Gasteiger partial charge >= 0.3 is 11.9 Å². The summed E-state index contributed by atoms with van der Waals surface area (Å²) in [5, 5.41) is 0. The van der Waals surface area contributed by atoms with Crippen LogP contribution in [-0.4, -0.2) is 29.6 Å². The average molecular weight is 299 g/mol. The van der Waals surface area contributed by atoms with Crippen LogP contribution in [0.5, 0.6) is 11.6 Å². The van der Waals surface area contributed by atoms with E-state index >= 15 is 0 Å². The first kappa shape index (κ1) is 14.1. The molecule has 6 nitrogen and oxygen atoms in total. The Morgan fingerprint density at radius 2 is 2.00 bits per heavy atom. The molecule has 1 atom stereocenters. The molecule has 0 saturated carbocycles. The van der Waals surface area contributed by atoms with Gasteiger partial charge in [0, 0.05) is 12.6 Å². The van der Waals surface area contributed by atoms with Crippen molar-refractivity contribution in [1.29, 1.82) is 0 Å². The van der Waals surface area contributed by atoms with Crippen molar-refractivity contribution in [3.05, 3.63) is 54.2 Å². The highest BCUT2D eigenvalue weighted by Gasteiger charge is 2.31. The van der Waals surface area contributed by atoms with Crippen molar-refractivity contribution in [2.75, 3.05) is 6.61 Å². The molecule has 1 fully saturated rings. The first-order chi connectivity index (χ1) is 10.7. The Morgan fingerprint density at radius 3 is 2.73 bits per heavy atom. The van der Waals surface area contributed by atoms with Gasteiger partial charge in [0.2, 0.25) is 12.0 Å². The van der Waals surface area contributed by atoms with E-state index in [0.717, 1.165) is 0 Å². The standard InChI is InChI=1S/C16H13NO5/c18-15(22-13-8-10-20-16(13)19)12-7-4-9-17-14(12)21-11-5-2-1-3-6-11/h1-7,9,13H,8,10H2. The minimum atomic E-state index is -0.864. The van der Waals surface area contributed by atoms with Gasteiger partial charge < -0.3 is 14.2 Å². The zero-order valence-electron chi connectivity index (χ0n) is 11.6. The lowest BCUT2D eigenvalue weighted by Gasteiger charge is -2.11. The van der Waals surface area contributed by atoms with Crippen LogP contribution in [-0.2, 0) is 14.3 Å². The van der Waals surface area contributed by atoms with Crippen LogP contribution in [0.4, 0.5) is 0 Å². The highest BCUT2D eigenvalue weighted by atomic mass is 16.6. The number of benzene rings is 1. The van der Waals surface area contributed by atoms with Gasteiger partial charge in [-0.05, 0) is 24.3 Å². The van der Waals surface area contributed by atoms with Crippen LogP contribution < -0.4 is 4.74 Å². The SMILES string of the molecule is O=C(OC1CCOC1=O)c1cccnc1Oc1ccccc1. The lowest BCUT2D eigenvalue weighted by atomic mass is 10.2. The molecule has 1 unspecified atom stereocenters. The molecular weight excluding hydrogens is 286 g/mol. The third kappa shape index (κ3) is 3.06. The first-order valence-corrected chi connectivity index (χ1v) is 6.79. The summed E-state index contributed by atoms with van der Waals surface area (Å²) >= 11 is 0. The summed E-state index contributed by atoms with van der Waals surface area (Å²) in [6.45, 7) is 0.261. The molecule has 0 radical (unpaired) electrons. The van der Waals surface area contributed by atoms with Gasteiger partial charge in [0.1, 0.15) is 11.3 Å². The number of carbonyl (C=O) groups excluding carboxylic acids is 2. The van der Waals surface area contributed by atoms with Gasteiger partial charge in [0.15, 0.2) is 0 Å². The lowest BCUT2D eigenvalue weighted by molar-refractivity contribution is -0.145. The van der Waals surface area contributed by atoms with E-state index in [9.17, 15) is 9.59 Å². The van der Waals surface area contributed by atoms with E-state index in [1.54, 1.807) is 18.2 Å². The van der Waals surface area contributed by atoms with Crippen molar-refractivity contribution in [3.63, 3.8) is 0 Å². The van der Waals surface area contributed by atoms with Crippen molar-refractivity contribution in [2.45, 2.75) is 12.5 Å². The highest BCUT2D eigenvalue weighted by Crippen LogP contribution is 2.24. The zero-order valence-corrected chi connectivity index (χ0v) is 11.6. The summed E-state index contributed by atoms with van der Waals surface area (Å²) in [5.74, 6) is -0.508. The molecule has 1 aromatic carbocycles. The van der Waals surface area contributed by atoms with Crippen molar-refractivity contribution in [2.24, 2.45) is 0 Å². The molecule has 2 heterocycles. The monoisotopic (exact) mass is 299 g/mol. The van der Waals surface area contributed by atoms with Crippen LogP contribution in [0.1, 0.15) is 16.8 Å². The minimum absolute atomic E-state index is 0.130. The number of rotatable bonds is 4. The Bertz CT molecular complexity index is 686. The number of nitrogens with zero attached hydrogens (tertiary/aromatic N) is 1. The summed E-state index contributed by atoms with van der Waals surface area (Å²) in [7, 11) is 0. The second-order valence-electron chi connectivity index (χ2n) is 4.62. The molecule has 0 aliphatic carbocycles. The number of aromatic nitrogens is 1. The van der Waals surface area contributed by atoms with Crippen LogP contribution in [0.15, 0.2) is 48.7 Å². The van der Waals surface area contributed by atoms with Crippen molar-refractivity contribution >= 4 is 11.9 Å². The molecule has 1 aliphatic heterocycles. The average Bonchev–Trinajstić information content (AvgIpc) is 2.94. The molecule has 1 aliphatic rings. The lowest BCUT2D eigenvalue weighted by Crippen LogP contribution is -2.23. The number of esters is 2. The van der Waals surface area contributed by atoms with E-state index in [-0.39, 0.29) is 18.1 Å². The number of pyridine rings is 1. The number of hydrogen-bond acceptors (Lipinski definition) is 6. The molecule has 0 spiro atoms. The normalized spacial score (nSPS) is 16.9. The largest absolute Gasteiger partial charge is 0.463 e. The molecule has 22 heavy (non-hydrogen) atoms. The minimum Gasteiger partial charge on any atom is -0.463 e. The summed E-state index contributed by atoms with van der Waals surface area (Å²) in [6, 6.07) is 12.1. The molecule has 0 N–H and O–H groups in total. The maximum absolute atomic E-state index is 12.2. The number of hydrogen-bond donors (Lipinski definition) is 0. The molecule has 2 aromatic rings. The molecule has 0 bridgehead atoms. The Balaban J connectivity index is 1.78. The van der Waals surface area contributed by atoms with E-state index in [2.05, 4.69) is 4.98 Å². The third-order valence-corrected chi connectivity index (χ3v) is 3.09. The fourth-order valence-corrected chi connectivity index (χ4v) is 2.00. The maximum atomic E-state index is 12.2. The predicted molar refractivity (Wildman–Crippen MR) is 75.5 cm³/mol. The van der Waals surface area contributed by atoms with Gasteiger partial charge in [-0.3, -0.25) is 0 Å². The number of ether oxygens (including phenoxy) is 3. The Morgan fingerprint density at radius 1 is 1.18 bits per heavy atom. The van der Waals surface area contributed by atoms with Gasteiger partial charge in [-0.25, -0.2) is 14.6 Å². The molecule has 1 saturated heterocycles. The number of carbonyl (C=O) groups is 2. The van der Waals surface area contributed by atoms with Gasteiger partial charge in [-0.1, -0.05) is 18.2 Å². The third-order valence-electron chi connectivity index (χ3n) is 3.09. The van der Waals surface area contributed by atoms with Gasteiger partial charge in [-0.2, -0.15) is 0 Å².